The van der Waals surface area contributed by atoms with Crippen LogP contribution in [0.15, 0.2) is 54.6 Å². The zero-order chi connectivity index (χ0) is 17.6. The maximum Gasteiger partial charge on any atom is 0.252 e. The minimum atomic E-state index is -0.671. The van der Waals surface area contributed by atoms with Crippen LogP contribution in [0.1, 0.15) is 33.2 Å². The fourth-order valence-electron chi connectivity index (χ4n) is 2.56. The van der Waals surface area contributed by atoms with Gasteiger partial charge in [-0.2, -0.15) is 0 Å². The van der Waals surface area contributed by atoms with Crippen LogP contribution in [-0.4, -0.2) is 32.6 Å². The van der Waals surface area contributed by atoms with Gasteiger partial charge in [-0.1, -0.05) is 36.4 Å². The summed E-state index contributed by atoms with van der Waals surface area (Å²) in [6, 6.07) is 16.3. The Kier molecular flexibility index (Phi) is 5.71. The van der Waals surface area contributed by atoms with Gasteiger partial charge in [0, 0.05) is 25.3 Å². The van der Waals surface area contributed by atoms with Crippen LogP contribution >= 0.6 is 0 Å². The average Bonchev–Trinajstić information content (AvgIpc) is 2.62. The van der Waals surface area contributed by atoms with E-state index in [9.17, 15) is 9.59 Å². The Morgan fingerprint density at radius 1 is 1.00 bits per heavy atom. The predicted molar refractivity (Wildman–Crippen MR) is 93.0 cm³/mol. The van der Waals surface area contributed by atoms with E-state index in [1.54, 1.807) is 38.4 Å². The first kappa shape index (κ1) is 17.7. The van der Waals surface area contributed by atoms with Gasteiger partial charge < -0.3 is 15.4 Å². The summed E-state index contributed by atoms with van der Waals surface area (Å²) < 4.78 is 5.30. The van der Waals surface area contributed by atoms with Gasteiger partial charge in [-0.15, -0.1) is 0 Å². The largest absolute Gasteiger partial charge is 0.382 e. The number of hydrogen-bond acceptors (Lipinski definition) is 3. The standard InChI is InChI=1S/C19H22N2O3/c1-19(13-24-3,16-10-5-4-6-11-16)21-18(23)15-9-7-8-14(12-15)17(22)20-2/h4-12H,13H2,1-3H3,(H,20,22)(H,21,23). The Labute approximate surface area is 142 Å². The van der Waals surface area contributed by atoms with Crippen molar-refractivity contribution in [2.24, 2.45) is 0 Å². The van der Waals surface area contributed by atoms with Crippen molar-refractivity contribution >= 4 is 11.8 Å². The second-order valence-corrected chi connectivity index (χ2v) is 5.75. The molecule has 24 heavy (non-hydrogen) atoms. The Morgan fingerprint density at radius 3 is 2.21 bits per heavy atom. The molecule has 1 atom stereocenters. The SMILES string of the molecule is CNC(=O)c1cccc(C(=O)NC(C)(COC)c2ccccc2)c1. The molecule has 2 N–H and O–H groups in total. The molecule has 0 fully saturated rings. The number of carbonyl (C=O) groups is 2. The van der Waals surface area contributed by atoms with Crippen LogP contribution in [0.25, 0.3) is 0 Å². The van der Waals surface area contributed by atoms with E-state index in [2.05, 4.69) is 10.6 Å². The molecule has 0 spiro atoms. The third-order valence-electron chi connectivity index (χ3n) is 3.85. The number of nitrogens with one attached hydrogen (secondary N) is 2. The number of benzene rings is 2. The fourth-order valence-corrected chi connectivity index (χ4v) is 2.56. The van der Waals surface area contributed by atoms with Crippen molar-refractivity contribution in [3.8, 4) is 0 Å². The Bertz CT molecular complexity index is 716. The lowest BCUT2D eigenvalue weighted by Crippen LogP contribution is -2.46. The van der Waals surface area contributed by atoms with Crippen molar-refractivity contribution in [1.82, 2.24) is 10.6 Å². The lowest BCUT2D eigenvalue weighted by molar-refractivity contribution is 0.0786. The first-order valence-electron chi connectivity index (χ1n) is 7.69. The van der Waals surface area contributed by atoms with Crippen molar-refractivity contribution in [2.75, 3.05) is 20.8 Å². The summed E-state index contributed by atoms with van der Waals surface area (Å²) in [5.41, 5.74) is 1.14. The summed E-state index contributed by atoms with van der Waals surface area (Å²) in [7, 11) is 3.15. The van der Waals surface area contributed by atoms with Crippen molar-refractivity contribution in [3.05, 3.63) is 71.3 Å². The summed E-state index contributed by atoms with van der Waals surface area (Å²) >= 11 is 0. The second-order valence-electron chi connectivity index (χ2n) is 5.75. The average molecular weight is 326 g/mol. The Balaban J connectivity index is 2.27. The molecule has 2 amide bonds. The normalized spacial score (nSPS) is 13.0. The highest BCUT2D eigenvalue weighted by Crippen LogP contribution is 2.21. The summed E-state index contributed by atoms with van der Waals surface area (Å²) in [4.78, 5) is 24.4. The predicted octanol–water partition coefficient (Wildman–Crippen LogP) is 2.34. The highest BCUT2D eigenvalue weighted by Gasteiger charge is 2.29. The zero-order valence-electron chi connectivity index (χ0n) is 14.1. The Morgan fingerprint density at radius 2 is 1.62 bits per heavy atom. The summed E-state index contributed by atoms with van der Waals surface area (Å²) in [6.07, 6.45) is 0. The fraction of sp³-hybridized carbons (Fsp3) is 0.263. The number of rotatable bonds is 6. The molecule has 2 rings (SSSR count). The summed E-state index contributed by atoms with van der Waals surface area (Å²) in [6.45, 7) is 2.24. The quantitative estimate of drug-likeness (QED) is 0.856. The van der Waals surface area contributed by atoms with Gasteiger partial charge in [0.15, 0.2) is 0 Å². The second kappa shape index (κ2) is 7.75. The zero-order valence-corrected chi connectivity index (χ0v) is 14.1. The molecule has 0 aliphatic rings. The molecule has 2 aromatic rings. The van der Waals surface area contributed by atoms with E-state index in [-0.39, 0.29) is 11.8 Å². The van der Waals surface area contributed by atoms with Gasteiger partial charge in [0.2, 0.25) is 0 Å². The third-order valence-corrected chi connectivity index (χ3v) is 3.85. The van der Waals surface area contributed by atoms with Gasteiger partial charge in [-0.25, -0.2) is 0 Å². The van der Waals surface area contributed by atoms with Crippen molar-refractivity contribution in [1.29, 1.82) is 0 Å². The van der Waals surface area contributed by atoms with E-state index in [4.69, 9.17) is 4.74 Å². The molecule has 1 unspecified atom stereocenters. The van der Waals surface area contributed by atoms with Gasteiger partial charge in [0.05, 0.1) is 12.1 Å². The van der Waals surface area contributed by atoms with Crippen LogP contribution in [0.4, 0.5) is 0 Å². The monoisotopic (exact) mass is 326 g/mol. The highest BCUT2D eigenvalue weighted by molar-refractivity contribution is 5.99. The molecule has 0 radical (unpaired) electrons. The molecular formula is C19H22N2O3. The lowest BCUT2D eigenvalue weighted by Gasteiger charge is -2.30. The van der Waals surface area contributed by atoms with Crippen LogP contribution in [0.3, 0.4) is 0 Å². The summed E-state index contributed by atoms with van der Waals surface area (Å²) in [5, 5.41) is 5.57. The number of hydrogen-bond donors (Lipinski definition) is 2. The summed E-state index contributed by atoms with van der Waals surface area (Å²) in [5.74, 6) is -0.489. The molecule has 0 saturated carbocycles. The number of carbonyl (C=O) groups excluding carboxylic acids is 2. The number of methoxy groups -OCH3 is 1. The van der Waals surface area contributed by atoms with Gasteiger partial charge in [0.25, 0.3) is 11.8 Å². The molecule has 0 bridgehead atoms. The van der Waals surface area contributed by atoms with Crippen molar-refractivity contribution < 1.29 is 14.3 Å². The first-order valence-corrected chi connectivity index (χ1v) is 7.69. The number of amides is 2. The van der Waals surface area contributed by atoms with Crippen molar-refractivity contribution in [2.45, 2.75) is 12.5 Å². The maximum atomic E-state index is 12.7. The molecule has 0 aliphatic carbocycles. The van der Waals surface area contributed by atoms with E-state index in [0.717, 1.165) is 5.56 Å². The van der Waals surface area contributed by atoms with E-state index in [0.29, 0.717) is 17.7 Å². The number of ether oxygens (including phenoxy) is 1. The molecule has 5 nitrogen and oxygen atoms in total. The molecule has 126 valence electrons. The van der Waals surface area contributed by atoms with Crippen LogP contribution in [-0.2, 0) is 10.3 Å². The van der Waals surface area contributed by atoms with Gasteiger partial charge in [0.1, 0.15) is 0 Å². The van der Waals surface area contributed by atoms with Gasteiger partial charge in [-0.05, 0) is 30.7 Å². The molecule has 0 aromatic heterocycles. The first-order chi connectivity index (χ1) is 11.5. The molecule has 0 heterocycles. The molecule has 5 heteroatoms. The van der Waals surface area contributed by atoms with Gasteiger partial charge >= 0.3 is 0 Å². The van der Waals surface area contributed by atoms with Crippen LogP contribution in [0.5, 0.6) is 0 Å². The van der Waals surface area contributed by atoms with Crippen LogP contribution in [0, 0.1) is 0 Å². The lowest BCUT2D eigenvalue weighted by atomic mass is 9.92. The molecule has 0 aliphatic heterocycles. The Hall–Kier alpha value is -2.66. The minimum Gasteiger partial charge on any atom is -0.382 e. The van der Waals surface area contributed by atoms with Gasteiger partial charge in [-0.3, -0.25) is 9.59 Å². The molecule has 0 saturated heterocycles. The van der Waals surface area contributed by atoms with E-state index < -0.39 is 5.54 Å². The highest BCUT2D eigenvalue weighted by atomic mass is 16.5. The van der Waals surface area contributed by atoms with Crippen LogP contribution < -0.4 is 10.6 Å². The topological polar surface area (TPSA) is 67.4 Å². The molecular weight excluding hydrogens is 304 g/mol. The van der Waals surface area contributed by atoms with Crippen molar-refractivity contribution in [3.63, 3.8) is 0 Å². The smallest absolute Gasteiger partial charge is 0.252 e. The van der Waals surface area contributed by atoms with E-state index in [1.807, 2.05) is 37.3 Å². The minimum absolute atomic E-state index is 0.229. The van der Waals surface area contributed by atoms with E-state index >= 15 is 0 Å². The third kappa shape index (κ3) is 4.00. The van der Waals surface area contributed by atoms with E-state index in [1.165, 1.54) is 0 Å². The van der Waals surface area contributed by atoms with Crippen LogP contribution in [0.2, 0.25) is 0 Å². The molecule has 2 aromatic carbocycles. The maximum absolute atomic E-state index is 12.7.